The third kappa shape index (κ3) is 5.99. The maximum atomic E-state index is 12.6. The van der Waals surface area contributed by atoms with Crippen molar-refractivity contribution in [2.24, 2.45) is 0 Å². The number of rotatable bonds is 7. The molecule has 0 aliphatic heterocycles. The highest BCUT2D eigenvalue weighted by atomic mass is 19.1. The molecule has 0 saturated heterocycles. The van der Waals surface area contributed by atoms with Crippen LogP contribution in [0, 0.1) is 5.82 Å². The molecule has 0 aromatic heterocycles. The highest BCUT2D eigenvalue weighted by molar-refractivity contribution is 5.77. The van der Waals surface area contributed by atoms with Crippen molar-refractivity contribution in [3.8, 4) is 0 Å². The van der Waals surface area contributed by atoms with Gasteiger partial charge in [0.1, 0.15) is 12.4 Å². The number of hydrogen-bond donors (Lipinski definition) is 2. The molecule has 0 aliphatic rings. The fourth-order valence-corrected chi connectivity index (χ4v) is 1.20. The zero-order valence-electron chi connectivity index (χ0n) is 9.49. The first-order valence-electron chi connectivity index (χ1n) is 5.42. The van der Waals surface area contributed by atoms with Crippen LogP contribution in [0.4, 0.5) is 4.39 Å². The van der Waals surface area contributed by atoms with Gasteiger partial charge in [0, 0.05) is 13.2 Å². The SMILES string of the molecule is O=C(COCc1ccc(F)cc1)NCCCO. The lowest BCUT2D eigenvalue weighted by atomic mass is 10.2. The van der Waals surface area contributed by atoms with Gasteiger partial charge in [0.05, 0.1) is 6.61 Å². The zero-order valence-corrected chi connectivity index (χ0v) is 9.49. The maximum Gasteiger partial charge on any atom is 0.246 e. The van der Waals surface area contributed by atoms with Crippen molar-refractivity contribution in [2.45, 2.75) is 13.0 Å². The molecule has 4 nitrogen and oxygen atoms in total. The Kier molecular flexibility index (Phi) is 6.21. The van der Waals surface area contributed by atoms with Gasteiger partial charge in [-0.2, -0.15) is 0 Å². The summed E-state index contributed by atoms with van der Waals surface area (Å²) in [6.45, 7) is 0.725. The molecule has 2 N–H and O–H groups in total. The number of hydrogen-bond acceptors (Lipinski definition) is 3. The van der Waals surface area contributed by atoms with Crippen LogP contribution in [-0.2, 0) is 16.1 Å². The molecule has 1 amide bonds. The molecule has 0 spiro atoms. The molecule has 1 aromatic rings. The van der Waals surface area contributed by atoms with Crippen LogP contribution >= 0.6 is 0 Å². The van der Waals surface area contributed by atoms with E-state index in [2.05, 4.69) is 5.32 Å². The molecule has 0 aliphatic carbocycles. The number of benzene rings is 1. The molecule has 0 bridgehead atoms. The summed E-state index contributed by atoms with van der Waals surface area (Å²) < 4.78 is 17.7. The number of halogens is 1. The third-order valence-corrected chi connectivity index (χ3v) is 2.07. The van der Waals surface area contributed by atoms with Crippen molar-refractivity contribution < 1.29 is 19.0 Å². The average molecular weight is 241 g/mol. The van der Waals surface area contributed by atoms with Gasteiger partial charge in [-0.25, -0.2) is 4.39 Å². The Labute approximate surface area is 99.4 Å². The normalized spacial score (nSPS) is 10.2. The van der Waals surface area contributed by atoms with Gasteiger partial charge in [-0.1, -0.05) is 12.1 Å². The summed E-state index contributed by atoms with van der Waals surface area (Å²) in [5.74, 6) is -0.518. The highest BCUT2D eigenvalue weighted by Gasteiger charge is 2.01. The lowest BCUT2D eigenvalue weighted by Gasteiger charge is -2.05. The van der Waals surface area contributed by atoms with Gasteiger partial charge in [-0.15, -0.1) is 0 Å². The van der Waals surface area contributed by atoms with Crippen molar-refractivity contribution in [2.75, 3.05) is 19.8 Å². The largest absolute Gasteiger partial charge is 0.396 e. The summed E-state index contributed by atoms with van der Waals surface area (Å²) in [7, 11) is 0. The molecular weight excluding hydrogens is 225 g/mol. The van der Waals surface area contributed by atoms with Crippen LogP contribution in [0.5, 0.6) is 0 Å². The molecule has 0 unspecified atom stereocenters. The van der Waals surface area contributed by atoms with Gasteiger partial charge in [0.2, 0.25) is 5.91 Å². The Morgan fingerprint density at radius 2 is 2.06 bits per heavy atom. The molecule has 1 rings (SSSR count). The van der Waals surface area contributed by atoms with Crippen molar-refractivity contribution >= 4 is 5.91 Å². The number of aliphatic hydroxyl groups excluding tert-OH is 1. The van der Waals surface area contributed by atoms with Crippen LogP contribution in [0.15, 0.2) is 24.3 Å². The molecule has 1 aromatic carbocycles. The molecule has 0 radical (unpaired) electrons. The second-order valence-electron chi connectivity index (χ2n) is 3.55. The van der Waals surface area contributed by atoms with E-state index in [1.165, 1.54) is 12.1 Å². The Morgan fingerprint density at radius 1 is 1.35 bits per heavy atom. The fourth-order valence-electron chi connectivity index (χ4n) is 1.20. The number of carbonyl (C=O) groups is 1. The first kappa shape index (κ1) is 13.6. The first-order valence-corrected chi connectivity index (χ1v) is 5.42. The smallest absolute Gasteiger partial charge is 0.246 e. The Balaban J connectivity index is 2.14. The lowest BCUT2D eigenvalue weighted by molar-refractivity contribution is -0.126. The van der Waals surface area contributed by atoms with E-state index in [-0.39, 0.29) is 31.5 Å². The minimum Gasteiger partial charge on any atom is -0.396 e. The summed E-state index contributed by atoms with van der Waals surface area (Å²) in [4.78, 5) is 11.2. The van der Waals surface area contributed by atoms with E-state index in [1.807, 2.05) is 0 Å². The quantitative estimate of drug-likeness (QED) is 0.695. The van der Waals surface area contributed by atoms with Crippen LogP contribution < -0.4 is 5.32 Å². The van der Waals surface area contributed by atoms with E-state index in [0.29, 0.717) is 13.0 Å². The van der Waals surface area contributed by atoms with Gasteiger partial charge in [-0.05, 0) is 24.1 Å². The van der Waals surface area contributed by atoms with Crippen LogP contribution in [-0.4, -0.2) is 30.8 Å². The van der Waals surface area contributed by atoms with E-state index < -0.39 is 0 Å². The van der Waals surface area contributed by atoms with Crippen LogP contribution in [0.1, 0.15) is 12.0 Å². The molecule has 5 heteroatoms. The molecular formula is C12H16FNO3. The third-order valence-electron chi connectivity index (χ3n) is 2.07. The van der Waals surface area contributed by atoms with Gasteiger partial charge in [-0.3, -0.25) is 4.79 Å². The van der Waals surface area contributed by atoms with E-state index in [4.69, 9.17) is 9.84 Å². The summed E-state index contributed by atoms with van der Waals surface area (Å²) in [6, 6.07) is 5.91. The Morgan fingerprint density at radius 3 is 2.71 bits per heavy atom. The minimum absolute atomic E-state index is 0.0389. The zero-order chi connectivity index (χ0) is 12.5. The van der Waals surface area contributed by atoms with E-state index in [0.717, 1.165) is 5.56 Å². The van der Waals surface area contributed by atoms with Gasteiger partial charge < -0.3 is 15.2 Å². The van der Waals surface area contributed by atoms with Crippen LogP contribution in [0.3, 0.4) is 0 Å². The topological polar surface area (TPSA) is 58.6 Å². The van der Waals surface area contributed by atoms with E-state index in [9.17, 15) is 9.18 Å². The fraction of sp³-hybridized carbons (Fsp3) is 0.417. The van der Waals surface area contributed by atoms with Crippen molar-refractivity contribution in [1.29, 1.82) is 0 Å². The number of nitrogens with one attached hydrogen (secondary N) is 1. The second-order valence-corrected chi connectivity index (χ2v) is 3.55. The van der Waals surface area contributed by atoms with E-state index >= 15 is 0 Å². The molecule has 94 valence electrons. The van der Waals surface area contributed by atoms with Crippen molar-refractivity contribution in [1.82, 2.24) is 5.32 Å². The first-order chi connectivity index (χ1) is 8.22. The lowest BCUT2D eigenvalue weighted by Crippen LogP contribution is -2.28. The highest BCUT2D eigenvalue weighted by Crippen LogP contribution is 2.03. The summed E-state index contributed by atoms with van der Waals surface area (Å²) in [5, 5.41) is 11.1. The summed E-state index contributed by atoms with van der Waals surface area (Å²) >= 11 is 0. The summed E-state index contributed by atoms with van der Waals surface area (Å²) in [6.07, 6.45) is 0.531. The number of ether oxygens (including phenoxy) is 1. The average Bonchev–Trinajstić information content (AvgIpc) is 2.32. The van der Waals surface area contributed by atoms with Gasteiger partial charge in [0.15, 0.2) is 0 Å². The molecule has 17 heavy (non-hydrogen) atoms. The molecule has 0 saturated carbocycles. The minimum atomic E-state index is -0.296. The predicted octanol–water partition coefficient (Wildman–Crippen LogP) is 0.841. The maximum absolute atomic E-state index is 12.6. The van der Waals surface area contributed by atoms with Gasteiger partial charge >= 0.3 is 0 Å². The van der Waals surface area contributed by atoms with E-state index in [1.54, 1.807) is 12.1 Å². The predicted molar refractivity (Wildman–Crippen MR) is 60.8 cm³/mol. The van der Waals surface area contributed by atoms with Crippen LogP contribution in [0.2, 0.25) is 0 Å². The Bertz CT molecular complexity index is 340. The van der Waals surface area contributed by atoms with Crippen molar-refractivity contribution in [3.05, 3.63) is 35.6 Å². The van der Waals surface area contributed by atoms with Crippen molar-refractivity contribution in [3.63, 3.8) is 0 Å². The number of amides is 1. The molecule has 0 fully saturated rings. The van der Waals surface area contributed by atoms with Gasteiger partial charge in [0.25, 0.3) is 0 Å². The number of aliphatic hydroxyl groups is 1. The number of carbonyl (C=O) groups excluding carboxylic acids is 1. The molecule has 0 heterocycles. The van der Waals surface area contributed by atoms with Crippen LogP contribution in [0.25, 0.3) is 0 Å². The second kappa shape index (κ2) is 7.76. The summed E-state index contributed by atoms with van der Waals surface area (Å²) in [5.41, 5.74) is 0.814. The molecule has 0 atom stereocenters. The Hall–Kier alpha value is -1.46. The standard InChI is InChI=1S/C12H16FNO3/c13-11-4-2-10(3-5-11)8-17-9-12(16)14-6-1-7-15/h2-5,15H,1,6-9H2,(H,14,16). The monoisotopic (exact) mass is 241 g/mol.